The first-order valence-electron chi connectivity index (χ1n) is 9.62. The fourth-order valence-electron chi connectivity index (χ4n) is 7.03. The van der Waals surface area contributed by atoms with E-state index in [2.05, 4.69) is 32.9 Å². The van der Waals surface area contributed by atoms with Crippen LogP contribution in [0.15, 0.2) is 23.3 Å². The first-order chi connectivity index (χ1) is 10.9. The van der Waals surface area contributed by atoms with Crippen LogP contribution in [0.25, 0.3) is 0 Å². The van der Waals surface area contributed by atoms with Gasteiger partial charge in [0.05, 0.1) is 12.2 Å². The van der Waals surface area contributed by atoms with Crippen LogP contribution in [-0.4, -0.2) is 22.4 Å². The number of allylic oxidation sites excluding steroid dienone is 2. The third-order valence-corrected chi connectivity index (χ3v) is 8.27. The van der Waals surface area contributed by atoms with E-state index in [0.29, 0.717) is 17.3 Å². The Hall–Kier alpha value is 2.28. The summed E-state index contributed by atoms with van der Waals surface area (Å²) in [5, 5.41) is 20.7. The molecule has 2 N–H and O–H groups in total. The second-order valence-corrected chi connectivity index (χ2v) is 9.11. The molecule has 7 unspecified atom stereocenters. The number of hydrogen-bond acceptors (Lipinski definition) is 2. The molecule has 7 atom stereocenters. The Kier molecular flexibility index (Phi) is 8.07. The van der Waals surface area contributed by atoms with Gasteiger partial charge in [-0.15, -0.1) is 0 Å². The van der Waals surface area contributed by atoms with E-state index < -0.39 is 0 Å². The summed E-state index contributed by atoms with van der Waals surface area (Å²) < 4.78 is 0. The van der Waals surface area contributed by atoms with E-state index in [1.54, 1.807) is 0 Å². The summed E-state index contributed by atoms with van der Waals surface area (Å²) in [6.45, 7) is 6.97. The van der Waals surface area contributed by atoms with Crippen LogP contribution >= 0.6 is 0 Å². The molecule has 0 aromatic rings. The normalized spacial score (nSPS) is 49.9. The Labute approximate surface area is 224 Å². The zero-order valence-electron chi connectivity index (χ0n) is 16.0. The largest absolute Gasteiger partial charge is 0.393 e. The average molecular weight is 770 g/mol. The molecule has 4 rings (SSSR count). The molecule has 3 saturated carbocycles. The van der Waals surface area contributed by atoms with E-state index in [9.17, 15) is 10.2 Å². The van der Waals surface area contributed by atoms with Gasteiger partial charge in [-0.2, -0.15) is 0 Å². The van der Waals surface area contributed by atoms with E-state index in [0.717, 1.165) is 38.0 Å². The van der Waals surface area contributed by atoms with Crippen molar-refractivity contribution in [2.75, 3.05) is 0 Å². The van der Waals surface area contributed by atoms with Crippen LogP contribution in [-0.2, 0) is 0 Å². The van der Waals surface area contributed by atoms with Crippen molar-refractivity contribution in [3.05, 3.63) is 23.3 Å². The summed E-state index contributed by atoms with van der Waals surface area (Å²) in [7, 11) is 0. The van der Waals surface area contributed by atoms with Gasteiger partial charge in [-0.05, 0) is 86.0 Å². The summed E-state index contributed by atoms with van der Waals surface area (Å²) in [5.41, 5.74) is 3.35. The topological polar surface area (TPSA) is 40.5 Å². The van der Waals surface area contributed by atoms with Gasteiger partial charge in [-0.1, -0.05) is 31.6 Å². The van der Waals surface area contributed by atoms with Crippen molar-refractivity contribution in [3.8, 4) is 0 Å². The fourth-order valence-corrected chi connectivity index (χ4v) is 7.03. The summed E-state index contributed by atoms with van der Waals surface area (Å²) in [6, 6.07) is 0. The van der Waals surface area contributed by atoms with Crippen LogP contribution in [0.2, 0.25) is 0 Å². The quantitative estimate of drug-likeness (QED) is 0.363. The molecule has 0 spiro atoms. The molecule has 0 amide bonds. The first-order valence-corrected chi connectivity index (χ1v) is 9.62. The van der Waals surface area contributed by atoms with Crippen molar-refractivity contribution in [3.63, 3.8) is 0 Å². The smallest absolute Gasteiger partial charge is 0.0758 e. The van der Waals surface area contributed by atoms with Gasteiger partial charge in [0.1, 0.15) is 0 Å². The van der Waals surface area contributed by atoms with Crippen LogP contribution < -0.4 is 0 Å². The molecule has 0 saturated heterocycles. The Morgan fingerprint density at radius 2 is 1.72 bits per heavy atom. The van der Waals surface area contributed by atoms with Crippen LogP contribution in [0.4, 0.5) is 0 Å². The van der Waals surface area contributed by atoms with Gasteiger partial charge >= 0.3 is 0 Å². The van der Waals surface area contributed by atoms with Crippen molar-refractivity contribution < 1.29 is 98.3 Å². The zero-order valence-corrected chi connectivity index (χ0v) is 25.5. The predicted octanol–water partition coefficient (Wildman–Crippen LogP) is 4.23. The number of rotatable bonds is 0. The molecule has 4 heteroatoms. The molecule has 134 valence electrons. The molecule has 4 aliphatic carbocycles. The van der Waals surface area contributed by atoms with Crippen LogP contribution in [0, 0.1) is 117 Å². The van der Waals surface area contributed by atoms with Gasteiger partial charge in [0.25, 0.3) is 0 Å². The molecule has 0 bridgehead atoms. The summed E-state index contributed by atoms with van der Waals surface area (Å²) >= 11 is 0. The van der Waals surface area contributed by atoms with E-state index in [4.69, 9.17) is 0 Å². The van der Waals surface area contributed by atoms with E-state index in [-0.39, 0.29) is 106 Å². The van der Waals surface area contributed by atoms with Crippen LogP contribution in [0.3, 0.4) is 0 Å². The maximum absolute atomic E-state index is 10.6. The minimum atomic E-state index is -0.222. The molecular weight excluding hydrogens is 738 g/mol. The Morgan fingerprint density at radius 1 is 1.04 bits per heavy atom. The van der Waals surface area contributed by atoms with E-state index in [1.165, 1.54) is 24.0 Å². The molecule has 4 aliphatic rings. The van der Waals surface area contributed by atoms with Gasteiger partial charge < -0.3 is 10.2 Å². The predicted molar refractivity (Wildman–Crippen MR) is 92.9 cm³/mol. The second kappa shape index (κ2) is 8.57. The minimum absolute atomic E-state index is 0. The number of aliphatic hydroxyl groups excluding tert-OH is 2. The van der Waals surface area contributed by atoms with Crippen molar-refractivity contribution >= 4 is 0 Å². The summed E-state index contributed by atoms with van der Waals surface area (Å²) in [4.78, 5) is 0. The Balaban J connectivity index is 0.00000113. The van der Waals surface area contributed by atoms with E-state index in [1.807, 2.05) is 0 Å². The summed E-state index contributed by atoms with van der Waals surface area (Å²) in [5.74, 6) is 2.09. The average Bonchev–Trinajstić information content (AvgIpc) is 2.77. The molecule has 0 aromatic heterocycles. The maximum Gasteiger partial charge on any atom is 0.0758 e. The van der Waals surface area contributed by atoms with Gasteiger partial charge in [0, 0.05) is 88.1 Å². The maximum atomic E-state index is 10.6. The molecule has 0 heterocycles. The van der Waals surface area contributed by atoms with Gasteiger partial charge in [0.2, 0.25) is 0 Å². The minimum Gasteiger partial charge on any atom is -0.393 e. The van der Waals surface area contributed by atoms with Crippen molar-refractivity contribution in [1.82, 2.24) is 0 Å². The third kappa shape index (κ3) is 3.64. The Morgan fingerprint density at radius 3 is 2.40 bits per heavy atom. The number of hydrogen-bond donors (Lipinski definition) is 2. The standard InChI is InChI=1S/C21H32O2.2Ac/c1-4-16-19(23)12-18-15-6-5-13-11-14(22)7-9-20(13,2)17(15)8-10-21(16,18)3;;/h4-5,14-15,17-19,22-23H,6-12H2,1-3H3;;/b16-4-;;. The van der Waals surface area contributed by atoms with Crippen LogP contribution in [0.5, 0.6) is 0 Å². The Bertz CT molecular complexity index is 572. The molecule has 0 aliphatic heterocycles. The van der Waals surface area contributed by atoms with Gasteiger partial charge in [-0.25, -0.2) is 0 Å². The molecular formula is C21H32Ac2O2. The monoisotopic (exact) mass is 770 g/mol. The van der Waals surface area contributed by atoms with Crippen molar-refractivity contribution in [2.24, 2.45) is 28.6 Å². The van der Waals surface area contributed by atoms with Crippen molar-refractivity contribution in [2.45, 2.75) is 77.9 Å². The van der Waals surface area contributed by atoms with Crippen molar-refractivity contribution in [1.29, 1.82) is 0 Å². The molecule has 2 nitrogen and oxygen atoms in total. The molecule has 2 radical (unpaired) electrons. The molecule has 25 heavy (non-hydrogen) atoms. The number of aliphatic hydroxyl groups is 2. The third-order valence-electron chi connectivity index (χ3n) is 8.27. The number of fused-ring (bicyclic) bond motifs is 5. The van der Waals surface area contributed by atoms with E-state index >= 15 is 0 Å². The van der Waals surface area contributed by atoms with Gasteiger partial charge in [-0.3, -0.25) is 0 Å². The summed E-state index contributed by atoms with van der Waals surface area (Å²) in [6.07, 6.45) is 11.9. The van der Waals surface area contributed by atoms with Crippen LogP contribution in [0.1, 0.15) is 65.7 Å². The van der Waals surface area contributed by atoms with Gasteiger partial charge in [0.15, 0.2) is 0 Å². The SMILES string of the molecule is C/C=C1/C(O)CC2C3CC=C4CC(O)CCC4(C)C3CCC12C.[Ac].[Ac]. The molecule has 3 fully saturated rings. The fraction of sp³-hybridized carbons (Fsp3) is 0.810. The first kappa shape index (κ1) is 23.6. The zero-order chi connectivity index (χ0) is 16.4. The molecule has 0 aromatic carbocycles. The second-order valence-electron chi connectivity index (χ2n) is 9.11.